The Hall–Kier alpha value is -2.09. The van der Waals surface area contributed by atoms with Crippen molar-refractivity contribution in [3.8, 4) is 5.75 Å². The van der Waals surface area contributed by atoms with E-state index in [9.17, 15) is 14.4 Å². The molecule has 166 valence electrons. The second kappa shape index (κ2) is 11.3. The van der Waals surface area contributed by atoms with Crippen LogP contribution in [0.3, 0.4) is 0 Å². The maximum atomic E-state index is 13.1. The Morgan fingerprint density at radius 2 is 2.03 bits per heavy atom. The molecule has 30 heavy (non-hydrogen) atoms. The second-order valence-electron chi connectivity index (χ2n) is 7.89. The molecule has 8 heteroatoms. The highest BCUT2D eigenvalue weighted by Crippen LogP contribution is 2.27. The number of benzene rings is 1. The molecule has 1 heterocycles. The quantitative estimate of drug-likeness (QED) is 0.544. The lowest BCUT2D eigenvalue weighted by atomic mass is 10.1. The molecule has 2 atom stereocenters. The molecule has 0 aromatic heterocycles. The molecule has 0 spiro atoms. The molecule has 1 aromatic rings. The summed E-state index contributed by atoms with van der Waals surface area (Å²) in [4.78, 5) is 39.2. The van der Waals surface area contributed by atoms with Gasteiger partial charge in [0, 0.05) is 18.7 Å². The first-order valence-electron chi connectivity index (χ1n) is 10.4. The number of hydrogen-bond donors (Lipinski definition) is 1. The van der Waals surface area contributed by atoms with Crippen LogP contribution in [-0.2, 0) is 14.3 Å². The van der Waals surface area contributed by atoms with Crippen molar-refractivity contribution in [3.63, 3.8) is 0 Å². The number of nitrogens with one attached hydrogen (secondary N) is 1. The third-order valence-corrected chi connectivity index (χ3v) is 5.61. The average Bonchev–Trinajstić information content (AvgIpc) is 2.69. The molecule has 0 aliphatic carbocycles. The normalized spacial score (nSPS) is 17.5. The molecule has 0 bridgehead atoms. The van der Waals surface area contributed by atoms with Crippen LogP contribution < -0.4 is 10.1 Å². The Morgan fingerprint density at radius 3 is 2.67 bits per heavy atom. The van der Waals surface area contributed by atoms with Gasteiger partial charge >= 0.3 is 5.97 Å². The van der Waals surface area contributed by atoms with Crippen molar-refractivity contribution in [3.05, 3.63) is 28.2 Å². The summed E-state index contributed by atoms with van der Waals surface area (Å²) in [5.41, 5.74) is 0.424. The van der Waals surface area contributed by atoms with Gasteiger partial charge in [0.2, 0.25) is 5.91 Å². The maximum absolute atomic E-state index is 13.1. The highest BCUT2D eigenvalue weighted by atomic mass is 79.9. The van der Waals surface area contributed by atoms with Crippen LogP contribution in [0.5, 0.6) is 5.75 Å². The fourth-order valence-corrected chi connectivity index (χ4v) is 3.49. The van der Waals surface area contributed by atoms with Gasteiger partial charge in [0.05, 0.1) is 23.6 Å². The van der Waals surface area contributed by atoms with E-state index in [4.69, 9.17) is 9.47 Å². The number of piperazine rings is 1. The second-order valence-corrected chi connectivity index (χ2v) is 8.75. The molecule has 1 N–H and O–H groups in total. The molecular formula is C22H31BrN2O5. The highest BCUT2D eigenvalue weighted by molar-refractivity contribution is 9.10. The first kappa shape index (κ1) is 24.2. The predicted molar refractivity (Wildman–Crippen MR) is 117 cm³/mol. The molecular weight excluding hydrogens is 452 g/mol. The fraction of sp³-hybridized carbons (Fsp3) is 0.591. The Bertz CT molecular complexity index is 768. The molecule has 0 saturated carbocycles. The fourth-order valence-electron chi connectivity index (χ4n) is 3.00. The van der Waals surface area contributed by atoms with Crippen LogP contribution >= 0.6 is 15.9 Å². The van der Waals surface area contributed by atoms with E-state index >= 15 is 0 Å². The lowest BCUT2D eigenvalue weighted by Crippen LogP contribution is -2.57. The summed E-state index contributed by atoms with van der Waals surface area (Å²) in [5.74, 6) is 0.0689. The number of hydrogen-bond acceptors (Lipinski definition) is 5. The zero-order valence-electron chi connectivity index (χ0n) is 18.1. The third kappa shape index (κ3) is 6.72. The van der Waals surface area contributed by atoms with Crippen molar-refractivity contribution in [1.82, 2.24) is 10.2 Å². The van der Waals surface area contributed by atoms with E-state index in [0.717, 1.165) is 6.42 Å². The van der Waals surface area contributed by atoms with E-state index in [2.05, 4.69) is 35.1 Å². The highest BCUT2D eigenvalue weighted by Gasteiger charge is 2.36. The number of rotatable bonds is 9. The third-order valence-electron chi connectivity index (χ3n) is 4.99. The summed E-state index contributed by atoms with van der Waals surface area (Å²) < 4.78 is 11.7. The SMILES string of the molecule is CCC(C)OC(=O)CC1C(=O)NCCN1C(=O)c1ccc(OCCC(C)C)c(Br)c1. The molecule has 1 aliphatic heterocycles. The molecule has 1 aliphatic rings. The van der Waals surface area contributed by atoms with Gasteiger partial charge in [-0.2, -0.15) is 0 Å². The first-order chi connectivity index (χ1) is 14.2. The lowest BCUT2D eigenvalue weighted by Gasteiger charge is -2.34. The van der Waals surface area contributed by atoms with Crippen molar-refractivity contribution in [2.75, 3.05) is 19.7 Å². The van der Waals surface area contributed by atoms with Crippen LogP contribution in [0.25, 0.3) is 0 Å². The van der Waals surface area contributed by atoms with Crippen molar-refractivity contribution in [2.45, 2.75) is 59.1 Å². The Morgan fingerprint density at radius 1 is 1.30 bits per heavy atom. The summed E-state index contributed by atoms with van der Waals surface area (Å²) in [6.45, 7) is 9.23. The van der Waals surface area contributed by atoms with Crippen LogP contribution in [0, 0.1) is 5.92 Å². The summed E-state index contributed by atoms with van der Waals surface area (Å²) in [5, 5.41) is 2.72. The number of carbonyl (C=O) groups excluding carboxylic acids is 3. The van der Waals surface area contributed by atoms with E-state index in [1.165, 1.54) is 4.90 Å². The van der Waals surface area contributed by atoms with Crippen LogP contribution in [-0.4, -0.2) is 54.5 Å². The van der Waals surface area contributed by atoms with Gasteiger partial charge in [0.1, 0.15) is 11.8 Å². The lowest BCUT2D eigenvalue weighted by molar-refractivity contribution is -0.151. The van der Waals surface area contributed by atoms with E-state index in [0.29, 0.717) is 47.8 Å². The van der Waals surface area contributed by atoms with Gasteiger partial charge in [-0.1, -0.05) is 20.8 Å². The Kier molecular flexibility index (Phi) is 9.14. The molecule has 0 radical (unpaired) electrons. The molecule has 7 nitrogen and oxygen atoms in total. The maximum Gasteiger partial charge on any atom is 0.308 e. The summed E-state index contributed by atoms with van der Waals surface area (Å²) in [6.07, 6.45) is 1.22. The largest absolute Gasteiger partial charge is 0.492 e. The summed E-state index contributed by atoms with van der Waals surface area (Å²) >= 11 is 3.46. The molecule has 2 amide bonds. The predicted octanol–water partition coefficient (Wildman–Crippen LogP) is 3.55. The zero-order chi connectivity index (χ0) is 22.3. The van der Waals surface area contributed by atoms with E-state index in [1.807, 2.05) is 6.92 Å². The summed E-state index contributed by atoms with van der Waals surface area (Å²) in [6, 6.07) is 4.23. The number of ether oxygens (including phenoxy) is 2. The Labute approximate surface area is 186 Å². The van der Waals surface area contributed by atoms with Crippen molar-refractivity contribution >= 4 is 33.7 Å². The average molecular weight is 483 g/mol. The van der Waals surface area contributed by atoms with Gasteiger partial charge in [-0.15, -0.1) is 0 Å². The number of halogens is 1. The van der Waals surface area contributed by atoms with Crippen molar-refractivity contribution in [1.29, 1.82) is 0 Å². The number of amides is 2. The molecule has 1 fully saturated rings. The van der Waals surface area contributed by atoms with Crippen LogP contribution in [0.15, 0.2) is 22.7 Å². The number of nitrogens with zero attached hydrogens (tertiary/aromatic N) is 1. The van der Waals surface area contributed by atoms with Gasteiger partial charge < -0.3 is 19.7 Å². The molecule has 1 saturated heterocycles. The smallest absolute Gasteiger partial charge is 0.308 e. The minimum atomic E-state index is -0.886. The van der Waals surface area contributed by atoms with E-state index in [-0.39, 0.29) is 24.3 Å². The minimum Gasteiger partial charge on any atom is -0.492 e. The van der Waals surface area contributed by atoms with Gasteiger partial charge in [0.25, 0.3) is 5.91 Å². The van der Waals surface area contributed by atoms with E-state index in [1.54, 1.807) is 25.1 Å². The van der Waals surface area contributed by atoms with Gasteiger partial charge in [-0.05, 0) is 59.8 Å². The first-order valence-corrected chi connectivity index (χ1v) is 11.2. The van der Waals surface area contributed by atoms with Gasteiger partial charge in [-0.25, -0.2) is 0 Å². The summed E-state index contributed by atoms with van der Waals surface area (Å²) in [7, 11) is 0. The Balaban J connectivity index is 2.11. The number of carbonyl (C=O) groups is 3. The van der Waals surface area contributed by atoms with Crippen molar-refractivity contribution < 1.29 is 23.9 Å². The van der Waals surface area contributed by atoms with Gasteiger partial charge in [0.15, 0.2) is 0 Å². The van der Waals surface area contributed by atoms with Crippen LogP contribution in [0.4, 0.5) is 0 Å². The van der Waals surface area contributed by atoms with E-state index < -0.39 is 12.0 Å². The molecule has 1 aromatic carbocycles. The molecule has 2 rings (SSSR count). The van der Waals surface area contributed by atoms with Crippen LogP contribution in [0.1, 0.15) is 57.3 Å². The zero-order valence-corrected chi connectivity index (χ0v) is 19.7. The van der Waals surface area contributed by atoms with Crippen LogP contribution in [0.2, 0.25) is 0 Å². The monoisotopic (exact) mass is 482 g/mol. The topological polar surface area (TPSA) is 84.9 Å². The standard InChI is InChI=1S/C22H31BrN2O5/c1-5-15(4)30-20(26)13-18-21(27)24-9-10-25(18)22(28)16-6-7-19(17(23)12-16)29-11-8-14(2)3/h6-7,12,14-15,18H,5,8-11,13H2,1-4H3,(H,24,27). The minimum absolute atomic E-state index is 0.167. The number of esters is 1. The molecule has 2 unspecified atom stereocenters. The van der Waals surface area contributed by atoms with Gasteiger partial charge in [-0.3, -0.25) is 14.4 Å². The van der Waals surface area contributed by atoms with Crippen molar-refractivity contribution in [2.24, 2.45) is 5.92 Å².